The van der Waals surface area contributed by atoms with E-state index in [0.717, 1.165) is 76.0 Å². The number of para-hydroxylation sites is 2. The van der Waals surface area contributed by atoms with Crippen LogP contribution in [0.2, 0.25) is 118 Å². The van der Waals surface area contributed by atoms with E-state index < -0.39 is 162 Å². The molecule has 0 fully saturated rings. The third-order valence-electron chi connectivity index (χ3n) is 21.0. The predicted molar refractivity (Wildman–Crippen MR) is 641 cm³/mol. The van der Waals surface area contributed by atoms with Gasteiger partial charge in [0.15, 0.2) is 0 Å². The fraction of sp³-hybridized carbons (Fsp3) is 0.192. The number of halogens is 19. The van der Waals surface area contributed by atoms with Crippen molar-refractivity contribution in [3.05, 3.63) is 337 Å². The molecule has 0 aliphatic rings. The topological polar surface area (TPSA) is 121 Å². The van der Waals surface area contributed by atoms with Gasteiger partial charge in [-0.15, -0.1) is 0 Å². The SMILES string of the molecule is C[Si](C)(C)c1cc(Pc2ccccc2F)c(O)c([Si](C)(C)C)c1.C[Si](C)(C)c1ccc(O)c(Pc2ccccc2F)c1.C[Si](C)(C)c1cccc(Pc2ccccc2F)c1O.Cc1ccc(Pc2cc([Si](C)(C)C)ccc2O)c(F)c1.Cc1cccc(F)c1Pc1cccc([Si](C)(C)C)c1O.Oc1c(Pc2ccc(F)cc2F)cc(-c2ccccc2)cc1-c1ccccc1.[Cl][Ti][Cl].[Cl][Ti][Cl].[Cl][Ti][Cl].[Cl][Ti][Cl].[Cl][Ti][Cl].[Cl][Ti][Cl]. The number of hydrogen-bond donors (Lipinski definition) is 6. The molecule has 14 aromatic carbocycles. The van der Waals surface area contributed by atoms with Crippen molar-refractivity contribution in [2.24, 2.45) is 0 Å². The summed E-state index contributed by atoms with van der Waals surface area (Å²) in [6.45, 7) is 44.2. The first kappa shape index (κ1) is 140. The van der Waals surface area contributed by atoms with E-state index in [9.17, 15) is 61.4 Å². The van der Waals surface area contributed by atoms with Gasteiger partial charge in [0.25, 0.3) is 0 Å². The van der Waals surface area contributed by atoms with Crippen LogP contribution in [-0.4, -0.2) is 79.1 Å². The van der Waals surface area contributed by atoms with Crippen LogP contribution in [0, 0.1) is 54.6 Å². The van der Waals surface area contributed by atoms with E-state index in [-0.39, 0.29) is 97.8 Å². The van der Waals surface area contributed by atoms with Gasteiger partial charge in [-0.25, -0.2) is 30.7 Å². The molecule has 0 bridgehead atoms. The second-order valence-electron chi connectivity index (χ2n) is 38.1. The zero-order valence-electron chi connectivity index (χ0n) is 84.5. The molecule has 0 spiro atoms. The van der Waals surface area contributed by atoms with Crippen molar-refractivity contribution in [1.29, 1.82) is 0 Å². The van der Waals surface area contributed by atoms with Crippen molar-refractivity contribution in [3.8, 4) is 56.8 Å². The molecule has 0 radical (unpaired) electrons. The third kappa shape index (κ3) is 50.7. The molecule has 6 nitrogen and oxygen atoms in total. The van der Waals surface area contributed by atoms with Gasteiger partial charge in [0.1, 0.15) is 75.2 Å². The molecular formula is C104H119Cl12F7O6P6Si6Ti6. The minimum atomic E-state index is -1.67. The molecule has 147 heavy (non-hydrogen) atoms. The Bertz CT molecular complexity index is 6330. The quantitative estimate of drug-likeness (QED) is 0.0257. The summed E-state index contributed by atoms with van der Waals surface area (Å²) in [7, 11) is 50.1. The van der Waals surface area contributed by atoms with Crippen LogP contribution in [0.5, 0.6) is 34.5 Å². The maximum absolute atomic E-state index is 14.2. The average Bonchev–Trinajstić information content (AvgIpc) is 0.771. The van der Waals surface area contributed by atoms with Crippen molar-refractivity contribution < 1.29 is 164 Å². The minimum absolute atomic E-state index is 0.118. The summed E-state index contributed by atoms with van der Waals surface area (Å²) in [5, 5.41) is 78.1. The van der Waals surface area contributed by atoms with Crippen LogP contribution in [0.3, 0.4) is 0 Å². The zero-order valence-corrected chi connectivity index (χ0v) is 115. The monoisotopic (exact) mass is 2660 g/mol. The fourth-order valence-corrected chi connectivity index (χ4v) is 29.0. The van der Waals surface area contributed by atoms with Crippen molar-refractivity contribution in [2.45, 2.75) is 132 Å². The molecule has 0 saturated heterocycles. The second kappa shape index (κ2) is 71.6. The van der Waals surface area contributed by atoms with Gasteiger partial charge in [-0.1, -0.05) is 397 Å². The van der Waals surface area contributed by atoms with Gasteiger partial charge < -0.3 is 30.6 Å². The standard InChI is InChI=1S/C24H17F2OP.C18H26FOPSi2.2C16H20FOPSi.2C15H18FOPSi.12ClH.6Ti/c25-19-11-12-22(21(26)15-19)28-23-14-18(16-7-3-1-4-8-16)13-20(24(23)27)17-9-5-2-6-10-17;1-22(2,3)13-11-16(18(20)17(12-13)23(4,5)6)21-15-10-8-7-9-14(15)19;1-11-5-8-15(13(17)9-11)19-16-10-12(20(2,3)4)6-7-14(16)18;1-11-7-5-8-12(17)16(11)19-13-9-6-10-14(15(13)18)20(2,3)4;1-19(2,3)14-10-6-9-13(15(14)17)18-12-8-5-4-7-11(12)16;1-19(2,3)11-8-9-13(17)15(10-11)18-14-7-5-4-6-12(14)16;;;;;;;;;;;;;;;;;;/h1-15,27-28H;7-12,20-21H,1-6H3;2*5-10,18-19H,1-4H3;2*4-10,17-18H,1-3H3;12*1H;;;;;;/q;;;;;;;;;;;;;;;;;;6*+2/p-12. The van der Waals surface area contributed by atoms with E-state index in [0.29, 0.717) is 59.9 Å². The number of phenols is 6. The van der Waals surface area contributed by atoms with E-state index >= 15 is 0 Å². The summed E-state index contributed by atoms with van der Waals surface area (Å²) < 4.78 is 96.7. The van der Waals surface area contributed by atoms with Crippen LogP contribution in [0.15, 0.2) is 285 Å². The molecule has 0 saturated carbocycles. The van der Waals surface area contributed by atoms with Crippen molar-refractivity contribution in [3.63, 3.8) is 0 Å². The molecule has 782 valence electrons. The van der Waals surface area contributed by atoms with Crippen LogP contribution in [0.25, 0.3) is 22.3 Å². The number of rotatable bonds is 20. The molecule has 0 heterocycles. The van der Waals surface area contributed by atoms with Crippen molar-refractivity contribution in [2.75, 3.05) is 0 Å². The first-order chi connectivity index (χ1) is 68.9. The van der Waals surface area contributed by atoms with Crippen LogP contribution in [0.4, 0.5) is 30.7 Å². The molecule has 0 aromatic heterocycles. The molecule has 14 rings (SSSR count). The molecule has 0 aliphatic carbocycles. The summed E-state index contributed by atoms with van der Waals surface area (Å²) >= 11 is -3.33. The average molecular weight is 2670 g/mol. The van der Waals surface area contributed by atoms with Crippen molar-refractivity contribution >= 4 is 306 Å². The molecule has 6 unspecified atom stereocenters. The van der Waals surface area contributed by atoms with E-state index in [1.54, 1.807) is 54.6 Å². The summed E-state index contributed by atoms with van der Waals surface area (Å²) in [5.41, 5.74) is 5.35. The van der Waals surface area contributed by atoms with Crippen LogP contribution in [0.1, 0.15) is 11.1 Å². The fourth-order valence-electron chi connectivity index (χ4n) is 13.5. The zero-order chi connectivity index (χ0) is 111. The van der Waals surface area contributed by atoms with Gasteiger partial charge in [0.05, 0.1) is 48.4 Å². The first-order valence-corrected chi connectivity index (χ1v) is 97.5. The molecular weight excluding hydrogens is 2550 g/mol. The predicted octanol–water partition coefficient (Wildman–Crippen LogP) is 28.6. The van der Waals surface area contributed by atoms with E-state index in [1.165, 1.54) is 52.0 Å². The molecule has 6 atom stereocenters. The molecule has 14 aromatic rings. The van der Waals surface area contributed by atoms with Gasteiger partial charge in [-0.3, -0.25) is 0 Å². The van der Waals surface area contributed by atoms with Gasteiger partial charge in [0.2, 0.25) is 0 Å². The summed E-state index contributed by atoms with van der Waals surface area (Å²) in [4.78, 5) is 0. The first-order valence-electron chi connectivity index (χ1n) is 44.7. The Hall–Kier alpha value is -0.963. The van der Waals surface area contributed by atoms with Gasteiger partial charge in [0, 0.05) is 75.3 Å². The Morgan fingerprint density at radius 1 is 0.218 bits per heavy atom. The molecule has 6 N–H and O–H groups in total. The number of aromatic hydroxyl groups is 6. The maximum atomic E-state index is 14.2. The second-order valence-corrected chi connectivity index (χ2v) is 91.8. The van der Waals surface area contributed by atoms with Crippen LogP contribution < -0.4 is 94.8 Å². The van der Waals surface area contributed by atoms with E-state index in [1.807, 2.05) is 190 Å². The van der Waals surface area contributed by atoms with Gasteiger partial charge >= 0.3 is 214 Å². The Balaban J connectivity index is 0.000000440. The Morgan fingerprint density at radius 2 is 0.524 bits per heavy atom. The number of hydrogen-bond acceptors (Lipinski definition) is 6. The van der Waals surface area contributed by atoms with Crippen molar-refractivity contribution in [1.82, 2.24) is 0 Å². The number of aryl methyl sites for hydroxylation is 2. The summed E-state index contributed by atoms with van der Waals surface area (Å²) in [6, 6.07) is 85.0. The van der Waals surface area contributed by atoms with E-state index in [2.05, 4.69) is 130 Å². The van der Waals surface area contributed by atoms with Crippen LogP contribution in [-0.2, 0) is 102 Å². The molecule has 0 aliphatic heterocycles. The molecule has 43 heteroatoms. The van der Waals surface area contributed by atoms with Gasteiger partial charge in [-0.05, 0) is 124 Å². The summed E-state index contributed by atoms with van der Waals surface area (Å²) in [6.07, 6.45) is 0. The summed E-state index contributed by atoms with van der Waals surface area (Å²) in [5.74, 6) is -0.509. The van der Waals surface area contributed by atoms with Crippen LogP contribution >= 0.6 is 163 Å². The Kier molecular flexibility index (Phi) is 68.3. The van der Waals surface area contributed by atoms with E-state index in [4.69, 9.17) is 112 Å². The number of benzene rings is 14. The molecule has 0 amide bonds. The Morgan fingerprint density at radius 3 is 0.891 bits per heavy atom. The number of phenolic OH excluding ortho intramolecular Hbond substituents is 6. The normalized spacial score (nSPS) is 11.2. The third-order valence-corrected chi connectivity index (χ3v) is 41.4. The van der Waals surface area contributed by atoms with Gasteiger partial charge in [-0.2, -0.15) is 0 Å². The Labute approximate surface area is 982 Å².